The SMILES string of the molecule is NC(N)(O)C1CCCC1. The molecular formula is C6H14N2O. The lowest BCUT2D eigenvalue weighted by atomic mass is 10.0. The maximum atomic E-state index is 9.07. The average Bonchev–Trinajstić information content (AvgIpc) is 2.08. The molecule has 3 nitrogen and oxygen atoms in total. The van der Waals surface area contributed by atoms with E-state index in [1.807, 2.05) is 0 Å². The first-order chi connectivity index (χ1) is 4.11. The van der Waals surface area contributed by atoms with Gasteiger partial charge in [-0.25, -0.2) is 0 Å². The predicted octanol–water partition coefficient (Wildman–Crippen LogP) is -0.260. The van der Waals surface area contributed by atoms with Crippen LogP contribution in [0.1, 0.15) is 25.7 Å². The molecule has 1 fully saturated rings. The molecule has 0 heterocycles. The van der Waals surface area contributed by atoms with E-state index in [0.717, 1.165) is 25.7 Å². The fourth-order valence-electron chi connectivity index (χ4n) is 1.39. The molecule has 0 aromatic rings. The molecule has 0 atom stereocenters. The molecule has 0 bridgehead atoms. The second-order valence-corrected chi connectivity index (χ2v) is 2.87. The molecule has 0 spiro atoms. The Labute approximate surface area is 55.0 Å². The predicted molar refractivity (Wildman–Crippen MR) is 35.3 cm³/mol. The van der Waals surface area contributed by atoms with Crippen molar-refractivity contribution in [2.75, 3.05) is 0 Å². The molecule has 5 N–H and O–H groups in total. The summed E-state index contributed by atoms with van der Waals surface area (Å²) >= 11 is 0. The Balaban J connectivity index is 2.42. The van der Waals surface area contributed by atoms with Gasteiger partial charge in [-0.1, -0.05) is 12.8 Å². The minimum atomic E-state index is -1.42. The molecule has 0 aromatic heterocycles. The monoisotopic (exact) mass is 130 g/mol. The summed E-state index contributed by atoms with van der Waals surface area (Å²) in [6, 6.07) is 0. The number of rotatable bonds is 1. The van der Waals surface area contributed by atoms with Crippen LogP contribution in [0, 0.1) is 5.92 Å². The van der Waals surface area contributed by atoms with Gasteiger partial charge in [0.15, 0.2) is 5.85 Å². The van der Waals surface area contributed by atoms with Crippen molar-refractivity contribution in [3.05, 3.63) is 0 Å². The summed E-state index contributed by atoms with van der Waals surface area (Å²) in [6.07, 6.45) is 4.26. The smallest absolute Gasteiger partial charge is 0.169 e. The lowest BCUT2D eigenvalue weighted by molar-refractivity contribution is -0.00449. The van der Waals surface area contributed by atoms with Gasteiger partial charge in [0.1, 0.15) is 0 Å². The third kappa shape index (κ3) is 1.64. The summed E-state index contributed by atoms with van der Waals surface area (Å²) in [4.78, 5) is 0. The number of hydrogen-bond acceptors (Lipinski definition) is 3. The van der Waals surface area contributed by atoms with Crippen molar-refractivity contribution in [2.24, 2.45) is 17.4 Å². The molecule has 1 aliphatic carbocycles. The van der Waals surface area contributed by atoms with Gasteiger partial charge in [0.25, 0.3) is 0 Å². The summed E-state index contributed by atoms with van der Waals surface area (Å²) in [7, 11) is 0. The number of nitrogens with two attached hydrogens (primary N) is 2. The van der Waals surface area contributed by atoms with Gasteiger partial charge < -0.3 is 5.11 Å². The highest BCUT2D eigenvalue weighted by molar-refractivity contribution is 4.78. The maximum Gasteiger partial charge on any atom is 0.169 e. The first-order valence-corrected chi connectivity index (χ1v) is 3.41. The molecule has 1 aliphatic rings. The topological polar surface area (TPSA) is 72.3 Å². The average molecular weight is 130 g/mol. The van der Waals surface area contributed by atoms with E-state index in [4.69, 9.17) is 16.6 Å². The molecule has 9 heavy (non-hydrogen) atoms. The van der Waals surface area contributed by atoms with E-state index in [0.29, 0.717) is 0 Å². The van der Waals surface area contributed by atoms with Crippen LogP contribution < -0.4 is 11.5 Å². The third-order valence-corrected chi connectivity index (χ3v) is 2.01. The van der Waals surface area contributed by atoms with E-state index in [2.05, 4.69) is 0 Å². The van der Waals surface area contributed by atoms with Gasteiger partial charge in [-0.15, -0.1) is 0 Å². The van der Waals surface area contributed by atoms with Gasteiger partial charge in [0.2, 0.25) is 0 Å². The Morgan fingerprint density at radius 3 is 1.89 bits per heavy atom. The highest BCUT2D eigenvalue weighted by Gasteiger charge is 2.30. The van der Waals surface area contributed by atoms with Crippen LogP contribution >= 0.6 is 0 Å². The first kappa shape index (κ1) is 6.99. The van der Waals surface area contributed by atoms with Gasteiger partial charge in [-0.05, 0) is 12.8 Å². The summed E-state index contributed by atoms with van der Waals surface area (Å²) < 4.78 is 0. The zero-order chi connectivity index (χ0) is 6.91. The van der Waals surface area contributed by atoms with Gasteiger partial charge in [-0.2, -0.15) is 0 Å². The van der Waals surface area contributed by atoms with Crippen LogP contribution in [0.3, 0.4) is 0 Å². The van der Waals surface area contributed by atoms with Crippen LogP contribution in [0.2, 0.25) is 0 Å². The van der Waals surface area contributed by atoms with Crippen LogP contribution in [0.25, 0.3) is 0 Å². The van der Waals surface area contributed by atoms with E-state index in [1.54, 1.807) is 0 Å². The summed E-state index contributed by atoms with van der Waals surface area (Å²) in [5.74, 6) is -1.30. The highest BCUT2D eigenvalue weighted by atomic mass is 16.3. The first-order valence-electron chi connectivity index (χ1n) is 3.41. The molecule has 3 heteroatoms. The second kappa shape index (κ2) is 2.25. The Morgan fingerprint density at radius 2 is 1.67 bits per heavy atom. The number of hydrogen-bond donors (Lipinski definition) is 3. The lowest BCUT2D eigenvalue weighted by Crippen LogP contribution is -2.54. The molecule has 0 aromatic carbocycles. The van der Waals surface area contributed by atoms with Gasteiger partial charge in [0, 0.05) is 5.92 Å². The van der Waals surface area contributed by atoms with Crippen molar-refractivity contribution in [1.82, 2.24) is 0 Å². The van der Waals surface area contributed by atoms with Crippen LogP contribution in [0.4, 0.5) is 0 Å². The van der Waals surface area contributed by atoms with Crippen LogP contribution in [0.5, 0.6) is 0 Å². The van der Waals surface area contributed by atoms with Crippen molar-refractivity contribution >= 4 is 0 Å². The minimum absolute atomic E-state index is 0.123. The van der Waals surface area contributed by atoms with Crippen molar-refractivity contribution in [3.63, 3.8) is 0 Å². The fraction of sp³-hybridized carbons (Fsp3) is 1.00. The van der Waals surface area contributed by atoms with E-state index in [9.17, 15) is 0 Å². The van der Waals surface area contributed by atoms with Crippen LogP contribution in [-0.4, -0.2) is 11.0 Å². The normalized spacial score (nSPS) is 23.0. The molecule has 1 saturated carbocycles. The Hall–Kier alpha value is -0.120. The van der Waals surface area contributed by atoms with Crippen molar-refractivity contribution in [2.45, 2.75) is 31.5 Å². The van der Waals surface area contributed by atoms with E-state index in [-0.39, 0.29) is 5.92 Å². The molecule has 54 valence electrons. The minimum Gasteiger partial charge on any atom is -0.363 e. The van der Waals surface area contributed by atoms with E-state index < -0.39 is 5.85 Å². The molecule has 0 radical (unpaired) electrons. The van der Waals surface area contributed by atoms with Crippen LogP contribution in [-0.2, 0) is 0 Å². The third-order valence-electron chi connectivity index (χ3n) is 2.01. The van der Waals surface area contributed by atoms with Crippen LogP contribution in [0.15, 0.2) is 0 Å². The Bertz CT molecular complexity index is 91.7. The fourth-order valence-corrected chi connectivity index (χ4v) is 1.39. The van der Waals surface area contributed by atoms with Crippen molar-refractivity contribution < 1.29 is 5.11 Å². The number of aliphatic hydroxyl groups is 1. The maximum absolute atomic E-state index is 9.07. The van der Waals surface area contributed by atoms with Crippen molar-refractivity contribution in [1.29, 1.82) is 0 Å². The standard InChI is InChI=1S/C6H14N2O/c7-6(8,9)5-3-1-2-4-5/h5,9H,1-4,7-8H2. The summed E-state index contributed by atoms with van der Waals surface area (Å²) in [5.41, 5.74) is 10.5. The summed E-state index contributed by atoms with van der Waals surface area (Å²) in [6.45, 7) is 0. The highest BCUT2D eigenvalue weighted by Crippen LogP contribution is 2.28. The molecule has 1 rings (SSSR count). The Morgan fingerprint density at radius 1 is 1.22 bits per heavy atom. The molecule has 0 unspecified atom stereocenters. The molecular weight excluding hydrogens is 116 g/mol. The Kier molecular flexibility index (Phi) is 1.75. The molecule has 0 saturated heterocycles. The second-order valence-electron chi connectivity index (χ2n) is 2.87. The van der Waals surface area contributed by atoms with E-state index >= 15 is 0 Å². The zero-order valence-corrected chi connectivity index (χ0v) is 5.51. The molecule has 0 aliphatic heterocycles. The quantitative estimate of drug-likeness (QED) is 0.428. The summed E-state index contributed by atoms with van der Waals surface area (Å²) in [5, 5.41) is 9.07. The zero-order valence-electron chi connectivity index (χ0n) is 5.51. The van der Waals surface area contributed by atoms with Gasteiger partial charge in [0.05, 0.1) is 0 Å². The van der Waals surface area contributed by atoms with Gasteiger partial charge >= 0.3 is 0 Å². The van der Waals surface area contributed by atoms with Crippen molar-refractivity contribution in [3.8, 4) is 0 Å². The van der Waals surface area contributed by atoms with Gasteiger partial charge in [-0.3, -0.25) is 11.5 Å². The lowest BCUT2D eigenvalue weighted by Gasteiger charge is -2.23. The molecule has 0 amide bonds. The largest absolute Gasteiger partial charge is 0.363 e. The van der Waals surface area contributed by atoms with E-state index in [1.165, 1.54) is 0 Å².